The van der Waals surface area contributed by atoms with Gasteiger partial charge in [0.2, 0.25) is 17.7 Å². The van der Waals surface area contributed by atoms with E-state index in [2.05, 4.69) is 25.2 Å². The Kier molecular flexibility index (Phi) is 5.11. The van der Waals surface area contributed by atoms with Gasteiger partial charge in [0.1, 0.15) is 0 Å². The van der Waals surface area contributed by atoms with Crippen LogP contribution in [0.3, 0.4) is 0 Å². The van der Waals surface area contributed by atoms with Crippen LogP contribution in [0.5, 0.6) is 5.88 Å². The lowest BCUT2D eigenvalue weighted by molar-refractivity contribution is -0.120. The summed E-state index contributed by atoms with van der Waals surface area (Å²) in [7, 11) is 1.56. The minimum atomic E-state index is -0.0970. The summed E-state index contributed by atoms with van der Waals surface area (Å²) in [6.45, 7) is 5.42. The van der Waals surface area contributed by atoms with E-state index in [0.717, 1.165) is 30.8 Å². The molecule has 0 aromatic carbocycles. The molecule has 1 atom stereocenters. The highest BCUT2D eigenvalue weighted by Gasteiger charge is 2.27. The van der Waals surface area contributed by atoms with Crippen LogP contribution in [0.4, 0.5) is 11.6 Å². The average Bonchev–Trinajstić information content (AvgIpc) is 2.61. The van der Waals surface area contributed by atoms with Crippen molar-refractivity contribution in [3.8, 4) is 5.88 Å². The molecule has 132 valence electrons. The Morgan fingerprint density at radius 2 is 2.04 bits per heavy atom. The van der Waals surface area contributed by atoms with E-state index in [1.165, 1.54) is 0 Å². The van der Waals surface area contributed by atoms with Crippen LogP contribution in [0.1, 0.15) is 24.2 Å². The molecule has 1 fully saturated rings. The molecule has 7 nitrogen and oxygen atoms in total. The second-order valence-corrected chi connectivity index (χ2v) is 6.31. The Balaban J connectivity index is 1.66. The lowest BCUT2D eigenvalue weighted by Crippen LogP contribution is -2.41. The number of ether oxygens (including phenoxy) is 1. The highest BCUT2D eigenvalue weighted by atomic mass is 16.5. The molecule has 0 aliphatic carbocycles. The van der Waals surface area contributed by atoms with Crippen molar-refractivity contribution in [3.05, 3.63) is 35.8 Å². The zero-order valence-corrected chi connectivity index (χ0v) is 14.8. The first-order valence-electron chi connectivity index (χ1n) is 8.43. The lowest BCUT2D eigenvalue weighted by atomic mass is 9.97. The van der Waals surface area contributed by atoms with Crippen molar-refractivity contribution >= 4 is 17.5 Å². The van der Waals surface area contributed by atoms with Gasteiger partial charge in [-0.25, -0.2) is 15.0 Å². The van der Waals surface area contributed by atoms with Crippen LogP contribution in [-0.4, -0.2) is 41.1 Å². The summed E-state index contributed by atoms with van der Waals surface area (Å²) in [5.74, 6) is 1.14. The fraction of sp³-hybridized carbons (Fsp3) is 0.444. The van der Waals surface area contributed by atoms with Crippen molar-refractivity contribution in [1.29, 1.82) is 0 Å². The predicted octanol–water partition coefficient (Wildman–Crippen LogP) is 2.35. The van der Waals surface area contributed by atoms with Crippen LogP contribution >= 0.6 is 0 Å². The quantitative estimate of drug-likeness (QED) is 0.919. The highest BCUT2D eigenvalue weighted by Crippen LogP contribution is 2.22. The van der Waals surface area contributed by atoms with Gasteiger partial charge in [-0.3, -0.25) is 4.79 Å². The Labute approximate surface area is 147 Å². The average molecular weight is 341 g/mol. The van der Waals surface area contributed by atoms with Crippen LogP contribution in [0.2, 0.25) is 0 Å². The fourth-order valence-electron chi connectivity index (χ4n) is 3.04. The number of hydrogen-bond donors (Lipinski definition) is 1. The molecule has 0 bridgehead atoms. The van der Waals surface area contributed by atoms with Crippen molar-refractivity contribution in [2.24, 2.45) is 5.92 Å². The number of anilines is 2. The number of hydrogen-bond acceptors (Lipinski definition) is 6. The molecule has 3 heterocycles. The normalized spacial score (nSPS) is 17.2. The largest absolute Gasteiger partial charge is 0.481 e. The van der Waals surface area contributed by atoms with Crippen molar-refractivity contribution in [2.45, 2.75) is 26.7 Å². The molecule has 3 rings (SSSR count). The van der Waals surface area contributed by atoms with E-state index in [9.17, 15) is 4.79 Å². The van der Waals surface area contributed by atoms with Gasteiger partial charge < -0.3 is 15.0 Å². The molecule has 1 unspecified atom stereocenters. The number of carbonyl (C=O) groups is 1. The lowest BCUT2D eigenvalue weighted by Gasteiger charge is -2.32. The first-order valence-corrected chi connectivity index (χ1v) is 8.43. The van der Waals surface area contributed by atoms with E-state index in [1.54, 1.807) is 25.4 Å². The second kappa shape index (κ2) is 7.46. The van der Waals surface area contributed by atoms with Gasteiger partial charge >= 0.3 is 0 Å². The zero-order valence-electron chi connectivity index (χ0n) is 14.8. The molecule has 7 heteroatoms. The van der Waals surface area contributed by atoms with Crippen LogP contribution in [0.25, 0.3) is 0 Å². The van der Waals surface area contributed by atoms with Gasteiger partial charge in [-0.1, -0.05) is 0 Å². The third-order valence-corrected chi connectivity index (χ3v) is 4.26. The maximum atomic E-state index is 12.6. The number of methoxy groups -OCH3 is 1. The Morgan fingerprint density at radius 3 is 2.68 bits per heavy atom. The molecule has 1 aliphatic rings. The Hall–Kier alpha value is -2.70. The molecule has 0 radical (unpaired) electrons. The molecular formula is C18H23N5O2. The molecule has 1 aliphatic heterocycles. The van der Waals surface area contributed by atoms with E-state index in [1.807, 2.05) is 19.9 Å². The van der Waals surface area contributed by atoms with Gasteiger partial charge in [-0.05, 0) is 38.8 Å². The summed E-state index contributed by atoms with van der Waals surface area (Å²) in [5, 5.41) is 2.93. The van der Waals surface area contributed by atoms with Crippen LogP contribution in [-0.2, 0) is 4.79 Å². The molecule has 1 N–H and O–H groups in total. The molecular weight excluding hydrogens is 318 g/mol. The fourth-order valence-corrected chi connectivity index (χ4v) is 3.04. The number of carbonyl (C=O) groups excluding carboxylic acids is 1. The summed E-state index contributed by atoms with van der Waals surface area (Å²) >= 11 is 0. The first kappa shape index (κ1) is 17.1. The third kappa shape index (κ3) is 4.23. The maximum Gasteiger partial charge on any atom is 0.229 e. The van der Waals surface area contributed by atoms with Gasteiger partial charge in [-0.15, -0.1) is 0 Å². The number of piperidine rings is 1. The van der Waals surface area contributed by atoms with Gasteiger partial charge in [0, 0.05) is 30.5 Å². The smallest absolute Gasteiger partial charge is 0.229 e. The van der Waals surface area contributed by atoms with Gasteiger partial charge in [-0.2, -0.15) is 0 Å². The van der Waals surface area contributed by atoms with E-state index < -0.39 is 0 Å². The Morgan fingerprint density at radius 1 is 1.28 bits per heavy atom. The number of nitrogens with one attached hydrogen (secondary N) is 1. The molecule has 0 saturated carbocycles. The topological polar surface area (TPSA) is 80.2 Å². The number of pyridine rings is 1. The number of nitrogens with zero attached hydrogens (tertiary/aromatic N) is 4. The van der Waals surface area contributed by atoms with E-state index in [0.29, 0.717) is 24.1 Å². The van der Waals surface area contributed by atoms with Gasteiger partial charge in [0.15, 0.2) is 0 Å². The van der Waals surface area contributed by atoms with Crippen molar-refractivity contribution in [3.63, 3.8) is 0 Å². The second-order valence-electron chi connectivity index (χ2n) is 6.31. The van der Waals surface area contributed by atoms with E-state index in [-0.39, 0.29) is 11.8 Å². The first-order chi connectivity index (χ1) is 12.0. The van der Waals surface area contributed by atoms with Crippen molar-refractivity contribution < 1.29 is 9.53 Å². The van der Waals surface area contributed by atoms with Crippen molar-refractivity contribution in [1.82, 2.24) is 15.0 Å². The maximum absolute atomic E-state index is 12.6. The molecule has 2 aromatic heterocycles. The zero-order chi connectivity index (χ0) is 17.8. The standard InChI is InChI=1S/C18H23N5O2/c1-12-9-13(2)21-18(20-12)23-8-4-5-14(11-23)17(24)22-15-6-7-16(25-3)19-10-15/h6-7,9-10,14H,4-5,8,11H2,1-3H3,(H,22,24). The van der Waals surface area contributed by atoms with E-state index >= 15 is 0 Å². The SMILES string of the molecule is COc1ccc(NC(=O)C2CCCN(c3nc(C)cc(C)n3)C2)cn1. The molecule has 0 spiro atoms. The van der Waals surface area contributed by atoms with E-state index in [4.69, 9.17) is 4.74 Å². The molecule has 2 aromatic rings. The third-order valence-electron chi connectivity index (χ3n) is 4.26. The van der Waals surface area contributed by atoms with Gasteiger partial charge in [0.25, 0.3) is 0 Å². The summed E-state index contributed by atoms with van der Waals surface area (Å²) in [6.07, 6.45) is 3.40. The minimum Gasteiger partial charge on any atom is -0.481 e. The number of aromatic nitrogens is 3. The van der Waals surface area contributed by atoms with Crippen molar-refractivity contribution in [2.75, 3.05) is 30.4 Å². The number of rotatable bonds is 4. The monoisotopic (exact) mass is 341 g/mol. The summed E-state index contributed by atoms with van der Waals surface area (Å²) in [6, 6.07) is 5.47. The number of aryl methyl sites for hydroxylation is 2. The van der Waals surface area contributed by atoms with Crippen LogP contribution in [0, 0.1) is 19.8 Å². The minimum absolute atomic E-state index is 0.000965. The highest BCUT2D eigenvalue weighted by molar-refractivity contribution is 5.92. The summed E-state index contributed by atoms with van der Waals surface area (Å²) in [4.78, 5) is 27.8. The summed E-state index contributed by atoms with van der Waals surface area (Å²) in [5.41, 5.74) is 2.56. The summed E-state index contributed by atoms with van der Waals surface area (Å²) < 4.78 is 5.03. The van der Waals surface area contributed by atoms with Crippen LogP contribution < -0.4 is 15.0 Å². The molecule has 1 amide bonds. The molecule has 1 saturated heterocycles. The van der Waals surface area contributed by atoms with Crippen LogP contribution in [0.15, 0.2) is 24.4 Å². The predicted molar refractivity (Wildman–Crippen MR) is 95.9 cm³/mol. The number of amides is 1. The van der Waals surface area contributed by atoms with Gasteiger partial charge in [0.05, 0.1) is 24.9 Å². The Bertz CT molecular complexity index is 727. The molecule has 25 heavy (non-hydrogen) atoms.